The van der Waals surface area contributed by atoms with Gasteiger partial charge in [-0.3, -0.25) is 0 Å². The highest BCUT2D eigenvalue weighted by Crippen LogP contribution is 2.24. The van der Waals surface area contributed by atoms with Gasteiger partial charge in [0.25, 0.3) is 0 Å². The number of benzene rings is 1. The lowest BCUT2D eigenvalue weighted by Gasteiger charge is -2.03. The molecule has 17 heavy (non-hydrogen) atoms. The summed E-state index contributed by atoms with van der Waals surface area (Å²) >= 11 is 5.03. The smallest absolute Gasteiger partial charge is 0.236 e. The number of aliphatic imine (C=N–C) groups is 1. The minimum Gasteiger partial charge on any atom is -0.236 e. The fraction of sp³-hybridized carbons (Fsp3) is 0.0909. The van der Waals surface area contributed by atoms with Gasteiger partial charge in [-0.2, -0.15) is 13.2 Å². The first kappa shape index (κ1) is 11.9. The van der Waals surface area contributed by atoms with Crippen LogP contribution in [0.25, 0.3) is 10.8 Å². The standard InChI is InChI=1S/C11H6ClF3N2/c12-10(11(13,14)15)17-9-5-7-3-1-2-4-8(7)6-16-9/h1-6H. The van der Waals surface area contributed by atoms with Crippen molar-refractivity contribution in [2.45, 2.75) is 6.18 Å². The number of hydrogen-bond donors (Lipinski definition) is 0. The van der Waals surface area contributed by atoms with E-state index < -0.39 is 11.3 Å². The van der Waals surface area contributed by atoms with Crippen molar-refractivity contribution in [2.75, 3.05) is 0 Å². The molecule has 88 valence electrons. The third-order valence-corrected chi connectivity index (χ3v) is 2.36. The van der Waals surface area contributed by atoms with Crippen LogP contribution in [-0.4, -0.2) is 16.3 Å². The van der Waals surface area contributed by atoms with Crippen LogP contribution in [-0.2, 0) is 0 Å². The van der Waals surface area contributed by atoms with Crippen molar-refractivity contribution in [1.82, 2.24) is 4.98 Å². The first-order chi connectivity index (χ1) is 7.97. The molecule has 0 saturated carbocycles. The summed E-state index contributed by atoms with van der Waals surface area (Å²) in [5.74, 6) is -0.0639. The van der Waals surface area contributed by atoms with Crippen LogP contribution in [0.2, 0.25) is 0 Å². The second kappa shape index (κ2) is 4.33. The molecule has 2 nitrogen and oxygen atoms in total. The highest BCUT2D eigenvalue weighted by Gasteiger charge is 2.34. The van der Waals surface area contributed by atoms with Gasteiger partial charge >= 0.3 is 6.18 Å². The summed E-state index contributed by atoms with van der Waals surface area (Å²) < 4.78 is 36.5. The Morgan fingerprint density at radius 1 is 1.18 bits per heavy atom. The molecule has 0 spiro atoms. The zero-order chi connectivity index (χ0) is 12.5. The molecule has 0 unspecified atom stereocenters. The van der Waals surface area contributed by atoms with E-state index in [0.29, 0.717) is 0 Å². The lowest BCUT2D eigenvalue weighted by Crippen LogP contribution is -2.16. The van der Waals surface area contributed by atoms with E-state index in [1.165, 1.54) is 12.3 Å². The van der Waals surface area contributed by atoms with Crippen LogP contribution < -0.4 is 0 Å². The van der Waals surface area contributed by atoms with E-state index in [-0.39, 0.29) is 5.82 Å². The number of pyridine rings is 1. The third-order valence-electron chi connectivity index (χ3n) is 2.06. The summed E-state index contributed by atoms with van der Waals surface area (Å²) in [6.07, 6.45) is -3.19. The Morgan fingerprint density at radius 3 is 2.47 bits per heavy atom. The highest BCUT2D eigenvalue weighted by atomic mass is 35.5. The van der Waals surface area contributed by atoms with Gasteiger partial charge in [0.2, 0.25) is 5.17 Å². The van der Waals surface area contributed by atoms with E-state index in [4.69, 9.17) is 11.6 Å². The Kier molecular flexibility index (Phi) is 3.02. The number of halogens is 4. The van der Waals surface area contributed by atoms with E-state index >= 15 is 0 Å². The van der Waals surface area contributed by atoms with E-state index in [1.807, 2.05) is 6.07 Å². The molecule has 1 aromatic heterocycles. The maximum absolute atomic E-state index is 12.2. The van der Waals surface area contributed by atoms with E-state index in [2.05, 4.69) is 9.98 Å². The van der Waals surface area contributed by atoms with Crippen molar-refractivity contribution in [3.05, 3.63) is 36.5 Å². The van der Waals surface area contributed by atoms with Gasteiger partial charge in [0, 0.05) is 11.6 Å². The second-order valence-electron chi connectivity index (χ2n) is 3.29. The van der Waals surface area contributed by atoms with E-state index in [1.54, 1.807) is 18.2 Å². The lowest BCUT2D eigenvalue weighted by molar-refractivity contribution is -0.0558. The normalized spacial score (nSPS) is 13.1. The number of rotatable bonds is 1. The molecule has 0 aliphatic rings. The molecular weight excluding hydrogens is 253 g/mol. The molecule has 2 aromatic rings. The molecule has 6 heteroatoms. The van der Waals surface area contributed by atoms with Crippen molar-refractivity contribution >= 4 is 33.4 Å². The van der Waals surface area contributed by atoms with Gasteiger partial charge in [0.1, 0.15) is 0 Å². The molecule has 0 amide bonds. The summed E-state index contributed by atoms with van der Waals surface area (Å²) in [4.78, 5) is 7.01. The third kappa shape index (κ3) is 2.74. The fourth-order valence-corrected chi connectivity index (χ4v) is 1.38. The maximum atomic E-state index is 12.2. The van der Waals surface area contributed by atoms with Crippen LogP contribution in [0.5, 0.6) is 0 Å². The molecule has 1 aromatic carbocycles. The van der Waals surface area contributed by atoms with Crippen molar-refractivity contribution in [2.24, 2.45) is 4.99 Å². The van der Waals surface area contributed by atoms with Crippen molar-refractivity contribution in [1.29, 1.82) is 0 Å². The zero-order valence-electron chi connectivity index (χ0n) is 8.37. The van der Waals surface area contributed by atoms with Crippen LogP contribution in [0.1, 0.15) is 0 Å². The molecular formula is C11H6ClF3N2. The predicted octanol–water partition coefficient (Wildman–Crippen LogP) is 4.07. The fourth-order valence-electron chi connectivity index (χ4n) is 1.30. The molecule has 0 radical (unpaired) electrons. The molecule has 0 saturated heterocycles. The van der Waals surface area contributed by atoms with Gasteiger partial charge in [-0.15, -0.1) is 0 Å². The molecule has 0 aliphatic carbocycles. The number of hydrogen-bond acceptors (Lipinski definition) is 2. The van der Waals surface area contributed by atoms with Crippen LogP contribution in [0.4, 0.5) is 19.0 Å². The monoisotopic (exact) mass is 258 g/mol. The number of aromatic nitrogens is 1. The molecule has 0 N–H and O–H groups in total. The Labute approximate surface area is 99.8 Å². The number of fused-ring (bicyclic) bond motifs is 1. The van der Waals surface area contributed by atoms with Crippen LogP contribution in [0.15, 0.2) is 41.5 Å². The molecule has 2 rings (SSSR count). The average molecular weight is 259 g/mol. The Balaban J connectivity index is 2.44. The quantitative estimate of drug-likeness (QED) is 0.708. The first-order valence-electron chi connectivity index (χ1n) is 4.63. The Bertz CT molecular complexity index is 578. The average Bonchev–Trinajstić information content (AvgIpc) is 2.27. The minimum atomic E-state index is -4.64. The van der Waals surface area contributed by atoms with Crippen molar-refractivity contribution < 1.29 is 13.2 Å². The van der Waals surface area contributed by atoms with E-state index in [0.717, 1.165) is 10.8 Å². The topological polar surface area (TPSA) is 25.2 Å². The van der Waals surface area contributed by atoms with Crippen LogP contribution in [0, 0.1) is 0 Å². The highest BCUT2D eigenvalue weighted by molar-refractivity contribution is 6.67. The van der Waals surface area contributed by atoms with Crippen molar-refractivity contribution in [3.63, 3.8) is 0 Å². The lowest BCUT2D eigenvalue weighted by atomic mass is 10.2. The summed E-state index contributed by atoms with van der Waals surface area (Å²) in [6, 6.07) is 8.61. The predicted molar refractivity (Wildman–Crippen MR) is 60.7 cm³/mol. The number of nitrogens with zero attached hydrogens (tertiary/aromatic N) is 2. The van der Waals surface area contributed by atoms with Crippen LogP contribution >= 0.6 is 11.6 Å². The second-order valence-corrected chi connectivity index (χ2v) is 3.65. The largest absolute Gasteiger partial charge is 0.444 e. The zero-order valence-corrected chi connectivity index (χ0v) is 9.13. The number of alkyl halides is 3. The summed E-state index contributed by atoms with van der Waals surface area (Å²) in [5.41, 5.74) is 0. The van der Waals surface area contributed by atoms with Gasteiger partial charge in [-0.05, 0) is 11.5 Å². The van der Waals surface area contributed by atoms with Gasteiger partial charge < -0.3 is 0 Å². The SMILES string of the molecule is FC(F)(F)C(Cl)=Nc1cc2ccccc2cn1. The molecule has 0 aliphatic heterocycles. The van der Waals surface area contributed by atoms with Gasteiger partial charge in [0.15, 0.2) is 5.82 Å². The summed E-state index contributed by atoms with van der Waals surface area (Å²) in [7, 11) is 0. The van der Waals surface area contributed by atoms with E-state index in [9.17, 15) is 13.2 Å². The summed E-state index contributed by atoms with van der Waals surface area (Å²) in [5, 5.41) is 0.155. The van der Waals surface area contributed by atoms with Gasteiger partial charge in [-0.1, -0.05) is 35.9 Å². The molecule has 1 heterocycles. The molecule has 0 bridgehead atoms. The van der Waals surface area contributed by atoms with Gasteiger partial charge in [0.05, 0.1) is 0 Å². The van der Waals surface area contributed by atoms with Crippen molar-refractivity contribution in [3.8, 4) is 0 Å². The maximum Gasteiger partial charge on any atom is 0.444 e. The molecule has 0 atom stereocenters. The van der Waals surface area contributed by atoms with Crippen LogP contribution in [0.3, 0.4) is 0 Å². The minimum absolute atomic E-state index is 0.0639. The van der Waals surface area contributed by atoms with Gasteiger partial charge in [-0.25, -0.2) is 9.98 Å². The Morgan fingerprint density at radius 2 is 1.82 bits per heavy atom. The summed E-state index contributed by atoms with van der Waals surface area (Å²) in [6.45, 7) is 0. The Hall–Kier alpha value is -1.62. The molecule has 0 fully saturated rings. The first-order valence-corrected chi connectivity index (χ1v) is 5.01.